The van der Waals surface area contributed by atoms with Gasteiger partial charge in [0.1, 0.15) is 5.75 Å². The smallest absolute Gasteiger partial charge is 0.203 e. The van der Waals surface area contributed by atoms with E-state index < -0.39 is 0 Å². The Morgan fingerprint density at radius 2 is 2.00 bits per heavy atom. The molecule has 0 saturated carbocycles. The fourth-order valence-corrected chi connectivity index (χ4v) is 3.22. The van der Waals surface area contributed by atoms with Gasteiger partial charge in [0.25, 0.3) is 0 Å². The van der Waals surface area contributed by atoms with Gasteiger partial charge >= 0.3 is 0 Å². The lowest BCUT2D eigenvalue weighted by atomic mass is 10.2. The minimum atomic E-state index is 0.616. The van der Waals surface area contributed by atoms with Crippen molar-refractivity contribution in [3.8, 4) is 28.5 Å². The number of methoxy groups -OCH3 is 2. The summed E-state index contributed by atoms with van der Waals surface area (Å²) in [6, 6.07) is 13.5. The van der Waals surface area contributed by atoms with Gasteiger partial charge in [-0.1, -0.05) is 25.1 Å². The van der Waals surface area contributed by atoms with Gasteiger partial charge in [0, 0.05) is 16.5 Å². The van der Waals surface area contributed by atoms with Crippen LogP contribution in [0.15, 0.2) is 52.9 Å². The molecule has 1 N–H and O–H groups in total. The standard InChI is InChI=1S/C21H23N3O3S/c1-4-11-27-20-16(8-6-10-19(20)26-3)13-22-24-21-23-18(14-28-21)15-7-5-9-17(12-15)25-2/h5-10,12-14H,4,11H2,1-3H3,(H,23,24)/b22-13-. The van der Waals surface area contributed by atoms with E-state index in [4.69, 9.17) is 14.2 Å². The molecule has 3 rings (SSSR count). The van der Waals surface area contributed by atoms with Gasteiger partial charge in [-0.2, -0.15) is 5.10 Å². The maximum absolute atomic E-state index is 5.83. The summed E-state index contributed by atoms with van der Waals surface area (Å²) < 4.78 is 16.5. The van der Waals surface area contributed by atoms with Crippen molar-refractivity contribution < 1.29 is 14.2 Å². The van der Waals surface area contributed by atoms with Gasteiger partial charge < -0.3 is 14.2 Å². The van der Waals surface area contributed by atoms with Crippen LogP contribution in [0.1, 0.15) is 18.9 Å². The summed E-state index contributed by atoms with van der Waals surface area (Å²) in [5, 5.41) is 6.99. The Balaban J connectivity index is 1.72. The van der Waals surface area contributed by atoms with Crippen molar-refractivity contribution in [3.63, 3.8) is 0 Å². The van der Waals surface area contributed by atoms with Gasteiger partial charge in [0.2, 0.25) is 5.13 Å². The molecule has 3 aromatic rings. The predicted octanol–water partition coefficient (Wildman–Crippen LogP) is 5.06. The molecule has 0 fully saturated rings. The minimum absolute atomic E-state index is 0.616. The second kappa shape index (κ2) is 9.75. The Labute approximate surface area is 168 Å². The second-order valence-electron chi connectivity index (χ2n) is 5.87. The van der Waals surface area contributed by atoms with Crippen LogP contribution >= 0.6 is 11.3 Å². The van der Waals surface area contributed by atoms with Crippen LogP contribution in [0.4, 0.5) is 5.13 Å². The van der Waals surface area contributed by atoms with E-state index >= 15 is 0 Å². The Morgan fingerprint density at radius 3 is 2.79 bits per heavy atom. The van der Waals surface area contributed by atoms with E-state index in [1.54, 1.807) is 20.4 Å². The van der Waals surface area contributed by atoms with Crippen molar-refractivity contribution >= 4 is 22.7 Å². The zero-order valence-electron chi connectivity index (χ0n) is 16.1. The number of hydrogen-bond donors (Lipinski definition) is 1. The van der Waals surface area contributed by atoms with Gasteiger partial charge in [0.15, 0.2) is 11.5 Å². The topological polar surface area (TPSA) is 65.0 Å². The van der Waals surface area contributed by atoms with E-state index in [1.807, 2.05) is 47.8 Å². The quantitative estimate of drug-likeness (QED) is 0.404. The average molecular weight is 398 g/mol. The molecule has 146 valence electrons. The number of benzene rings is 2. The van der Waals surface area contributed by atoms with E-state index in [9.17, 15) is 0 Å². The number of para-hydroxylation sites is 1. The first kappa shape index (κ1) is 19.7. The van der Waals surface area contributed by atoms with Crippen LogP contribution in [0.25, 0.3) is 11.3 Å². The molecule has 0 aliphatic carbocycles. The highest BCUT2D eigenvalue weighted by Crippen LogP contribution is 2.30. The largest absolute Gasteiger partial charge is 0.497 e. The third-order valence-corrected chi connectivity index (χ3v) is 4.66. The number of ether oxygens (including phenoxy) is 3. The summed E-state index contributed by atoms with van der Waals surface area (Å²) in [6.07, 6.45) is 2.62. The Hall–Kier alpha value is -3.06. The van der Waals surface area contributed by atoms with Gasteiger partial charge in [-0.15, -0.1) is 11.3 Å². The van der Waals surface area contributed by atoms with Crippen LogP contribution in [0, 0.1) is 0 Å². The van der Waals surface area contributed by atoms with Crippen molar-refractivity contribution in [1.82, 2.24) is 4.98 Å². The number of hydrazone groups is 1. The zero-order valence-corrected chi connectivity index (χ0v) is 17.0. The lowest BCUT2D eigenvalue weighted by Crippen LogP contribution is -2.01. The Kier molecular flexibility index (Phi) is 6.86. The Bertz CT molecular complexity index is 940. The molecule has 0 amide bonds. The summed E-state index contributed by atoms with van der Waals surface area (Å²) in [7, 11) is 3.28. The van der Waals surface area contributed by atoms with Crippen molar-refractivity contribution in [3.05, 3.63) is 53.4 Å². The SMILES string of the molecule is CCCOc1c(/C=N\Nc2nc(-c3cccc(OC)c3)cs2)cccc1OC. The van der Waals surface area contributed by atoms with Crippen molar-refractivity contribution in [1.29, 1.82) is 0 Å². The van der Waals surface area contributed by atoms with Gasteiger partial charge in [0.05, 0.1) is 32.7 Å². The minimum Gasteiger partial charge on any atom is -0.497 e. The first-order valence-corrected chi connectivity index (χ1v) is 9.82. The molecule has 0 aliphatic rings. The lowest BCUT2D eigenvalue weighted by molar-refractivity contribution is 0.294. The third kappa shape index (κ3) is 4.80. The lowest BCUT2D eigenvalue weighted by Gasteiger charge is -2.12. The summed E-state index contributed by atoms with van der Waals surface area (Å²) >= 11 is 1.49. The molecule has 0 aliphatic heterocycles. The molecule has 0 atom stereocenters. The molecule has 0 spiro atoms. The summed E-state index contributed by atoms with van der Waals surface area (Å²) in [5.41, 5.74) is 5.69. The van der Waals surface area contributed by atoms with Crippen LogP contribution in [0.5, 0.6) is 17.2 Å². The molecule has 7 heteroatoms. The summed E-state index contributed by atoms with van der Waals surface area (Å²) in [5.74, 6) is 2.18. The molecule has 1 heterocycles. The zero-order chi connectivity index (χ0) is 19.8. The molecule has 0 bridgehead atoms. The highest BCUT2D eigenvalue weighted by molar-refractivity contribution is 7.14. The van der Waals surface area contributed by atoms with E-state index in [-0.39, 0.29) is 0 Å². The number of nitrogens with one attached hydrogen (secondary N) is 1. The van der Waals surface area contributed by atoms with Gasteiger partial charge in [-0.25, -0.2) is 4.98 Å². The maximum Gasteiger partial charge on any atom is 0.203 e. The van der Waals surface area contributed by atoms with Crippen molar-refractivity contribution in [2.75, 3.05) is 26.3 Å². The molecule has 0 saturated heterocycles. The number of thiazole rings is 1. The van der Waals surface area contributed by atoms with Crippen LogP contribution in [0.2, 0.25) is 0 Å². The average Bonchev–Trinajstić information content (AvgIpc) is 3.21. The van der Waals surface area contributed by atoms with E-state index in [1.165, 1.54) is 11.3 Å². The number of nitrogens with zero attached hydrogens (tertiary/aromatic N) is 2. The van der Waals surface area contributed by atoms with Crippen molar-refractivity contribution in [2.24, 2.45) is 5.10 Å². The first-order valence-electron chi connectivity index (χ1n) is 8.94. The van der Waals surface area contributed by atoms with Gasteiger partial charge in [-0.05, 0) is 30.7 Å². The molecular formula is C21H23N3O3S. The van der Waals surface area contributed by atoms with Crippen LogP contribution < -0.4 is 19.6 Å². The maximum atomic E-state index is 5.83. The second-order valence-corrected chi connectivity index (χ2v) is 6.73. The fourth-order valence-electron chi connectivity index (χ4n) is 2.55. The predicted molar refractivity (Wildman–Crippen MR) is 114 cm³/mol. The highest BCUT2D eigenvalue weighted by Gasteiger charge is 2.09. The fraction of sp³-hybridized carbons (Fsp3) is 0.238. The molecule has 6 nitrogen and oxygen atoms in total. The van der Waals surface area contributed by atoms with Crippen LogP contribution in [-0.4, -0.2) is 32.0 Å². The highest BCUT2D eigenvalue weighted by atomic mass is 32.1. The normalized spacial score (nSPS) is 10.8. The molecule has 2 aromatic carbocycles. The molecule has 0 radical (unpaired) electrons. The molecule has 0 unspecified atom stereocenters. The van der Waals surface area contributed by atoms with E-state index in [0.29, 0.717) is 23.2 Å². The molecule has 1 aromatic heterocycles. The molecular weight excluding hydrogens is 374 g/mol. The van der Waals surface area contributed by atoms with E-state index in [2.05, 4.69) is 22.4 Å². The van der Waals surface area contributed by atoms with E-state index in [0.717, 1.165) is 29.0 Å². The third-order valence-electron chi connectivity index (χ3n) is 3.91. The van der Waals surface area contributed by atoms with Crippen LogP contribution in [-0.2, 0) is 0 Å². The number of hydrogen-bond acceptors (Lipinski definition) is 7. The van der Waals surface area contributed by atoms with Crippen molar-refractivity contribution in [2.45, 2.75) is 13.3 Å². The number of anilines is 1. The number of aromatic nitrogens is 1. The number of rotatable bonds is 9. The summed E-state index contributed by atoms with van der Waals surface area (Å²) in [6.45, 7) is 2.68. The Morgan fingerprint density at radius 1 is 1.14 bits per heavy atom. The monoisotopic (exact) mass is 397 g/mol. The van der Waals surface area contributed by atoms with Gasteiger partial charge in [-0.3, -0.25) is 5.43 Å². The summed E-state index contributed by atoms with van der Waals surface area (Å²) in [4.78, 5) is 4.57. The van der Waals surface area contributed by atoms with Crippen LogP contribution in [0.3, 0.4) is 0 Å². The first-order chi connectivity index (χ1) is 13.7. The molecule has 28 heavy (non-hydrogen) atoms.